The molecule has 0 aliphatic heterocycles. The van der Waals surface area contributed by atoms with Crippen molar-refractivity contribution in [1.82, 2.24) is 0 Å². The molecule has 6 heteroatoms. The summed E-state index contributed by atoms with van der Waals surface area (Å²) in [5.74, 6) is 0.632. The third-order valence-corrected chi connectivity index (χ3v) is 4.40. The zero-order valence-corrected chi connectivity index (χ0v) is 17.6. The van der Waals surface area contributed by atoms with Crippen LogP contribution in [0.5, 0.6) is 5.75 Å². The molecule has 2 N–H and O–H groups in total. The number of hydrogen-bond donors (Lipinski definition) is 2. The number of halogens is 1. The first kappa shape index (κ1) is 21.4. The highest BCUT2D eigenvalue weighted by molar-refractivity contribution is 6.31. The predicted octanol–water partition coefficient (Wildman–Crippen LogP) is 5.88. The molecule has 5 nitrogen and oxygen atoms in total. The van der Waals surface area contributed by atoms with Crippen LogP contribution in [-0.4, -0.2) is 18.4 Å². The van der Waals surface area contributed by atoms with Gasteiger partial charge in [0.25, 0.3) is 11.8 Å². The van der Waals surface area contributed by atoms with Crippen LogP contribution in [-0.2, 0) is 0 Å². The molecule has 0 bridgehead atoms. The molecule has 2 amide bonds. The summed E-state index contributed by atoms with van der Waals surface area (Å²) in [6.07, 6.45) is 0. The van der Waals surface area contributed by atoms with Crippen molar-refractivity contribution in [3.05, 3.63) is 88.9 Å². The summed E-state index contributed by atoms with van der Waals surface area (Å²) in [5.41, 5.74) is 2.11. The Balaban J connectivity index is 1.63. The summed E-state index contributed by atoms with van der Waals surface area (Å²) in [5, 5.41) is 6.13. The van der Waals surface area contributed by atoms with Crippen LogP contribution in [0.25, 0.3) is 0 Å². The Bertz CT molecular complexity index is 1030. The van der Waals surface area contributed by atoms with E-state index in [0.29, 0.717) is 40.0 Å². The van der Waals surface area contributed by atoms with Crippen LogP contribution < -0.4 is 15.4 Å². The maximum atomic E-state index is 12.5. The Morgan fingerprint density at radius 2 is 1.43 bits per heavy atom. The normalized spacial score (nSPS) is 10.5. The van der Waals surface area contributed by atoms with Gasteiger partial charge in [0.2, 0.25) is 0 Å². The molecule has 3 rings (SSSR count). The lowest BCUT2D eigenvalue weighted by Crippen LogP contribution is -2.14. The van der Waals surface area contributed by atoms with Crippen LogP contribution in [0, 0.1) is 5.92 Å². The molecule has 0 fully saturated rings. The molecule has 154 valence electrons. The van der Waals surface area contributed by atoms with Crippen molar-refractivity contribution in [2.45, 2.75) is 13.8 Å². The summed E-state index contributed by atoms with van der Waals surface area (Å²) in [6.45, 7) is 4.78. The average Bonchev–Trinajstić information content (AvgIpc) is 2.73. The lowest BCUT2D eigenvalue weighted by atomic mass is 10.2. The van der Waals surface area contributed by atoms with Crippen molar-refractivity contribution in [3.63, 3.8) is 0 Å². The van der Waals surface area contributed by atoms with Crippen molar-refractivity contribution in [2.24, 2.45) is 5.92 Å². The molecule has 0 spiro atoms. The van der Waals surface area contributed by atoms with Gasteiger partial charge in [-0.2, -0.15) is 0 Å². The molecule has 0 radical (unpaired) electrons. The molecule has 0 atom stereocenters. The fourth-order valence-corrected chi connectivity index (χ4v) is 2.87. The predicted molar refractivity (Wildman–Crippen MR) is 121 cm³/mol. The highest BCUT2D eigenvalue weighted by atomic mass is 35.5. The number of carbonyl (C=O) groups is 2. The van der Waals surface area contributed by atoms with Gasteiger partial charge in [0.15, 0.2) is 0 Å². The van der Waals surface area contributed by atoms with Crippen molar-refractivity contribution < 1.29 is 14.3 Å². The third kappa shape index (κ3) is 6.09. The third-order valence-electron chi connectivity index (χ3n) is 4.16. The molecule has 3 aromatic rings. The minimum atomic E-state index is -0.280. The van der Waals surface area contributed by atoms with Gasteiger partial charge in [-0.15, -0.1) is 0 Å². The number of hydrogen-bond acceptors (Lipinski definition) is 3. The molecule has 0 saturated heterocycles. The van der Waals surface area contributed by atoms with Crippen molar-refractivity contribution in [2.75, 3.05) is 17.2 Å². The Labute approximate surface area is 181 Å². The van der Waals surface area contributed by atoms with Gasteiger partial charge in [-0.3, -0.25) is 9.59 Å². The van der Waals surface area contributed by atoms with Gasteiger partial charge in [-0.1, -0.05) is 37.6 Å². The lowest BCUT2D eigenvalue weighted by molar-refractivity contribution is 0.101. The lowest BCUT2D eigenvalue weighted by Gasteiger charge is -2.11. The Morgan fingerprint density at radius 1 is 0.833 bits per heavy atom. The van der Waals surface area contributed by atoms with Gasteiger partial charge in [0.05, 0.1) is 6.61 Å². The highest BCUT2D eigenvalue weighted by Crippen LogP contribution is 2.19. The van der Waals surface area contributed by atoms with E-state index in [0.717, 1.165) is 5.75 Å². The quantitative estimate of drug-likeness (QED) is 0.499. The van der Waals surface area contributed by atoms with E-state index in [-0.39, 0.29) is 11.8 Å². The van der Waals surface area contributed by atoms with E-state index in [1.165, 1.54) is 0 Å². The van der Waals surface area contributed by atoms with Gasteiger partial charge < -0.3 is 15.4 Å². The number of carbonyl (C=O) groups excluding carboxylic acids is 2. The van der Waals surface area contributed by atoms with E-state index in [1.807, 2.05) is 0 Å². The summed E-state index contributed by atoms with van der Waals surface area (Å²) >= 11 is 5.94. The maximum absolute atomic E-state index is 12.5. The Kier molecular flexibility index (Phi) is 7.09. The molecular formula is C24H23ClN2O3. The number of ether oxygens (including phenoxy) is 1. The van der Waals surface area contributed by atoms with Crippen LogP contribution in [0.15, 0.2) is 72.8 Å². The zero-order chi connectivity index (χ0) is 21.5. The van der Waals surface area contributed by atoms with E-state index in [4.69, 9.17) is 16.3 Å². The highest BCUT2D eigenvalue weighted by Gasteiger charge is 2.09. The Hall–Kier alpha value is -3.31. The monoisotopic (exact) mass is 422 g/mol. The van der Waals surface area contributed by atoms with Crippen LogP contribution in [0.3, 0.4) is 0 Å². The zero-order valence-electron chi connectivity index (χ0n) is 16.8. The molecule has 0 aliphatic rings. The first-order valence-corrected chi connectivity index (χ1v) is 10.00. The van der Waals surface area contributed by atoms with Crippen LogP contribution in [0.2, 0.25) is 5.02 Å². The molecule has 0 aliphatic carbocycles. The second kappa shape index (κ2) is 9.94. The standard InChI is InChI=1S/C24H23ClN2O3/c1-16(2)15-30-22-11-9-17(10-12-22)23(28)26-20-7-4-8-21(14-20)27-24(29)18-5-3-6-19(25)13-18/h3-14,16H,15H2,1-2H3,(H,26,28)(H,27,29). The number of rotatable bonds is 7. The topological polar surface area (TPSA) is 67.4 Å². The number of benzene rings is 3. The van der Waals surface area contributed by atoms with Crippen LogP contribution >= 0.6 is 11.6 Å². The molecule has 0 heterocycles. The summed E-state index contributed by atoms with van der Waals surface area (Å²) in [6, 6.07) is 20.6. The van der Waals surface area contributed by atoms with Gasteiger partial charge in [0, 0.05) is 27.5 Å². The van der Waals surface area contributed by atoms with Gasteiger partial charge in [-0.05, 0) is 66.6 Å². The first-order chi connectivity index (χ1) is 14.4. The fourth-order valence-electron chi connectivity index (χ4n) is 2.68. The fraction of sp³-hybridized carbons (Fsp3) is 0.167. The molecule has 0 aromatic heterocycles. The van der Waals surface area contributed by atoms with Crippen LogP contribution in [0.1, 0.15) is 34.6 Å². The maximum Gasteiger partial charge on any atom is 0.255 e. The molecule has 0 unspecified atom stereocenters. The Morgan fingerprint density at radius 3 is 2.03 bits per heavy atom. The average molecular weight is 423 g/mol. The summed E-state index contributed by atoms with van der Waals surface area (Å²) in [4.78, 5) is 24.9. The van der Waals surface area contributed by atoms with E-state index in [9.17, 15) is 9.59 Å². The van der Waals surface area contributed by atoms with Crippen molar-refractivity contribution in [3.8, 4) is 5.75 Å². The second-order valence-corrected chi connectivity index (χ2v) is 7.67. The van der Waals surface area contributed by atoms with Gasteiger partial charge in [-0.25, -0.2) is 0 Å². The minimum absolute atomic E-state index is 0.247. The van der Waals surface area contributed by atoms with Gasteiger partial charge >= 0.3 is 0 Å². The first-order valence-electron chi connectivity index (χ1n) is 9.62. The summed E-state index contributed by atoms with van der Waals surface area (Å²) < 4.78 is 5.64. The largest absolute Gasteiger partial charge is 0.493 e. The van der Waals surface area contributed by atoms with E-state index in [1.54, 1.807) is 72.8 Å². The number of amides is 2. The number of anilines is 2. The minimum Gasteiger partial charge on any atom is -0.493 e. The molecular weight excluding hydrogens is 400 g/mol. The van der Waals surface area contributed by atoms with Crippen LogP contribution in [0.4, 0.5) is 11.4 Å². The van der Waals surface area contributed by atoms with Crippen molar-refractivity contribution >= 4 is 34.8 Å². The molecule has 30 heavy (non-hydrogen) atoms. The number of nitrogens with one attached hydrogen (secondary N) is 2. The van der Waals surface area contributed by atoms with Gasteiger partial charge in [0.1, 0.15) is 5.75 Å². The van der Waals surface area contributed by atoms with E-state index in [2.05, 4.69) is 24.5 Å². The van der Waals surface area contributed by atoms with E-state index < -0.39 is 0 Å². The molecule has 0 saturated carbocycles. The summed E-state index contributed by atoms with van der Waals surface area (Å²) in [7, 11) is 0. The SMILES string of the molecule is CC(C)COc1ccc(C(=O)Nc2cccc(NC(=O)c3cccc(Cl)c3)c2)cc1. The molecule has 3 aromatic carbocycles. The second-order valence-electron chi connectivity index (χ2n) is 7.23. The van der Waals surface area contributed by atoms with E-state index >= 15 is 0 Å². The smallest absolute Gasteiger partial charge is 0.255 e. The van der Waals surface area contributed by atoms with Crippen molar-refractivity contribution in [1.29, 1.82) is 0 Å².